The number of carboxylic acid groups (broad SMARTS) is 2. The number of alkyl halides is 2. The van der Waals surface area contributed by atoms with E-state index in [-0.39, 0.29) is 6.42 Å². The molecular formula is C8H12F2N2O4. The van der Waals surface area contributed by atoms with Crippen molar-refractivity contribution in [3.63, 3.8) is 0 Å². The number of rotatable bonds is 2. The predicted molar refractivity (Wildman–Crippen MR) is 48.7 cm³/mol. The van der Waals surface area contributed by atoms with Crippen LogP contribution in [0, 0.1) is 0 Å². The van der Waals surface area contributed by atoms with E-state index in [4.69, 9.17) is 10.2 Å². The molecule has 2 amide bonds. The first-order chi connectivity index (χ1) is 7.28. The van der Waals surface area contributed by atoms with Gasteiger partial charge in [0.1, 0.15) is 0 Å². The molecule has 2 atom stereocenters. The van der Waals surface area contributed by atoms with Gasteiger partial charge in [0.2, 0.25) is 0 Å². The monoisotopic (exact) mass is 238 g/mol. The van der Waals surface area contributed by atoms with Crippen LogP contribution in [0.2, 0.25) is 0 Å². The van der Waals surface area contributed by atoms with Crippen LogP contribution in [0.5, 0.6) is 0 Å². The number of halogens is 2. The molecule has 0 radical (unpaired) electrons. The molecule has 1 aliphatic carbocycles. The summed E-state index contributed by atoms with van der Waals surface area (Å²) in [6.45, 7) is 0. The quantitative estimate of drug-likeness (QED) is 0.578. The van der Waals surface area contributed by atoms with Gasteiger partial charge in [0.25, 0.3) is 5.92 Å². The van der Waals surface area contributed by atoms with Crippen molar-refractivity contribution in [1.82, 2.24) is 10.6 Å². The Morgan fingerprint density at radius 1 is 1.06 bits per heavy atom. The van der Waals surface area contributed by atoms with Crippen LogP contribution in [0.1, 0.15) is 19.3 Å². The lowest BCUT2D eigenvalue weighted by Gasteiger charge is -2.34. The zero-order valence-corrected chi connectivity index (χ0v) is 8.24. The number of hydrogen-bond acceptors (Lipinski definition) is 2. The molecule has 1 aliphatic rings. The van der Waals surface area contributed by atoms with Crippen molar-refractivity contribution in [1.29, 1.82) is 0 Å². The average molecular weight is 238 g/mol. The van der Waals surface area contributed by atoms with Crippen molar-refractivity contribution in [3.8, 4) is 0 Å². The van der Waals surface area contributed by atoms with Crippen molar-refractivity contribution in [2.24, 2.45) is 0 Å². The lowest BCUT2D eigenvalue weighted by Crippen LogP contribution is -2.51. The van der Waals surface area contributed by atoms with Crippen molar-refractivity contribution in [2.45, 2.75) is 37.3 Å². The molecule has 1 fully saturated rings. The van der Waals surface area contributed by atoms with E-state index < -0.39 is 43.0 Å². The highest BCUT2D eigenvalue weighted by Crippen LogP contribution is 2.33. The Morgan fingerprint density at radius 3 is 1.75 bits per heavy atom. The lowest BCUT2D eigenvalue weighted by molar-refractivity contribution is -0.0526. The summed E-state index contributed by atoms with van der Waals surface area (Å²) in [6, 6.07) is -1.86. The normalized spacial score (nSPS) is 28.1. The topological polar surface area (TPSA) is 98.7 Å². The molecule has 0 aromatic rings. The second-order valence-corrected chi connectivity index (χ2v) is 3.79. The fraction of sp³-hybridized carbons (Fsp3) is 0.750. The highest BCUT2D eigenvalue weighted by molar-refractivity contribution is 5.65. The zero-order chi connectivity index (χ0) is 12.3. The van der Waals surface area contributed by atoms with Gasteiger partial charge in [-0.15, -0.1) is 0 Å². The fourth-order valence-corrected chi connectivity index (χ4v) is 1.88. The Labute approximate surface area is 89.6 Å². The molecule has 0 aromatic heterocycles. The van der Waals surface area contributed by atoms with E-state index in [1.54, 1.807) is 0 Å². The summed E-state index contributed by atoms with van der Waals surface area (Å²) >= 11 is 0. The van der Waals surface area contributed by atoms with Gasteiger partial charge in [0.15, 0.2) is 0 Å². The van der Waals surface area contributed by atoms with Gasteiger partial charge in [-0.05, 0) is 6.42 Å². The lowest BCUT2D eigenvalue weighted by atomic mass is 9.88. The van der Waals surface area contributed by atoms with Gasteiger partial charge in [-0.25, -0.2) is 18.4 Å². The van der Waals surface area contributed by atoms with E-state index in [1.807, 2.05) is 10.6 Å². The van der Waals surface area contributed by atoms with E-state index in [1.165, 1.54) is 0 Å². The Bertz CT molecular complexity index is 272. The first-order valence-electron chi connectivity index (χ1n) is 4.65. The van der Waals surface area contributed by atoms with Crippen LogP contribution in [0.15, 0.2) is 0 Å². The smallest absolute Gasteiger partial charge is 0.404 e. The maximum absolute atomic E-state index is 13.1. The van der Waals surface area contributed by atoms with E-state index in [9.17, 15) is 18.4 Å². The molecule has 4 N–H and O–H groups in total. The second-order valence-electron chi connectivity index (χ2n) is 3.79. The first-order valence-corrected chi connectivity index (χ1v) is 4.65. The van der Waals surface area contributed by atoms with Crippen LogP contribution in [0.3, 0.4) is 0 Å². The third kappa shape index (κ3) is 3.87. The van der Waals surface area contributed by atoms with Gasteiger partial charge in [-0.2, -0.15) is 0 Å². The van der Waals surface area contributed by atoms with Crippen molar-refractivity contribution < 1.29 is 28.6 Å². The molecule has 0 bridgehead atoms. The maximum Gasteiger partial charge on any atom is 0.404 e. The average Bonchev–Trinajstić information content (AvgIpc) is 1.95. The first kappa shape index (κ1) is 12.5. The molecule has 0 aliphatic heterocycles. The van der Waals surface area contributed by atoms with E-state index in [0.717, 1.165) is 0 Å². The van der Waals surface area contributed by atoms with E-state index in [2.05, 4.69) is 0 Å². The molecular weight excluding hydrogens is 226 g/mol. The molecule has 92 valence electrons. The minimum Gasteiger partial charge on any atom is -0.465 e. The third-order valence-electron chi connectivity index (χ3n) is 2.31. The summed E-state index contributed by atoms with van der Waals surface area (Å²) in [5.41, 5.74) is 0. The van der Waals surface area contributed by atoms with Crippen molar-refractivity contribution in [2.75, 3.05) is 0 Å². The molecule has 0 unspecified atom stereocenters. The van der Waals surface area contributed by atoms with Crippen LogP contribution < -0.4 is 10.6 Å². The molecule has 0 aromatic carbocycles. The maximum atomic E-state index is 13.1. The van der Waals surface area contributed by atoms with Crippen LogP contribution in [-0.4, -0.2) is 40.4 Å². The summed E-state index contributed by atoms with van der Waals surface area (Å²) in [6.07, 6.45) is -3.95. The highest BCUT2D eigenvalue weighted by atomic mass is 19.3. The van der Waals surface area contributed by atoms with E-state index >= 15 is 0 Å². The SMILES string of the molecule is O=C(O)N[C@@H]1C[C@H](NC(=O)O)CC(F)(F)C1. The number of carbonyl (C=O) groups is 2. The number of hydrogen-bond donors (Lipinski definition) is 4. The Kier molecular flexibility index (Phi) is 3.51. The molecule has 8 heteroatoms. The van der Waals surface area contributed by atoms with Gasteiger partial charge < -0.3 is 20.8 Å². The highest BCUT2D eigenvalue weighted by Gasteiger charge is 2.42. The van der Waals surface area contributed by atoms with Crippen molar-refractivity contribution in [3.05, 3.63) is 0 Å². The van der Waals surface area contributed by atoms with Gasteiger partial charge in [0, 0.05) is 24.9 Å². The molecule has 0 saturated heterocycles. The van der Waals surface area contributed by atoms with Gasteiger partial charge in [0.05, 0.1) is 0 Å². The minimum atomic E-state index is -3.06. The Balaban J connectivity index is 2.61. The van der Waals surface area contributed by atoms with Crippen LogP contribution in [0.25, 0.3) is 0 Å². The van der Waals surface area contributed by atoms with Gasteiger partial charge >= 0.3 is 12.2 Å². The molecule has 0 heterocycles. The van der Waals surface area contributed by atoms with Crippen LogP contribution >= 0.6 is 0 Å². The number of nitrogens with one attached hydrogen (secondary N) is 2. The molecule has 1 rings (SSSR count). The molecule has 6 nitrogen and oxygen atoms in total. The minimum absolute atomic E-state index is 0.0359. The molecule has 0 spiro atoms. The van der Waals surface area contributed by atoms with E-state index in [0.29, 0.717) is 0 Å². The molecule has 1 saturated carbocycles. The molecule has 16 heavy (non-hydrogen) atoms. The Hall–Kier alpha value is -1.60. The van der Waals surface area contributed by atoms with Crippen molar-refractivity contribution >= 4 is 12.2 Å². The zero-order valence-electron chi connectivity index (χ0n) is 8.24. The largest absolute Gasteiger partial charge is 0.465 e. The summed E-state index contributed by atoms with van der Waals surface area (Å²) in [7, 11) is 0. The fourth-order valence-electron chi connectivity index (χ4n) is 1.88. The summed E-state index contributed by atoms with van der Waals surface area (Å²) in [4.78, 5) is 20.6. The van der Waals surface area contributed by atoms with Crippen LogP contribution in [0.4, 0.5) is 18.4 Å². The summed E-state index contributed by atoms with van der Waals surface area (Å²) in [5, 5.41) is 20.7. The third-order valence-corrected chi connectivity index (χ3v) is 2.31. The second kappa shape index (κ2) is 4.50. The summed E-state index contributed by atoms with van der Waals surface area (Å²) < 4.78 is 26.3. The standard InChI is InChI=1S/C8H12F2N2O4/c9-8(10)2-4(11-6(13)14)1-5(3-8)12-7(15)16/h4-5,11-12H,1-3H2,(H,13,14)(H,15,16)/t4-,5+. The number of amides is 2. The predicted octanol–water partition coefficient (Wildman–Crippen LogP) is 1.08. The summed E-state index contributed by atoms with van der Waals surface area (Å²) in [5.74, 6) is -3.06. The van der Waals surface area contributed by atoms with Gasteiger partial charge in [-0.1, -0.05) is 0 Å². The van der Waals surface area contributed by atoms with Crippen LogP contribution in [-0.2, 0) is 0 Å². The Morgan fingerprint density at radius 2 is 1.44 bits per heavy atom. The van der Waals surface area contributed by atoms with Gasteiger partial charge in [-0.3, -0.25) is 0 Å².